The van der Waals surface area contributed by atoms with Crippen molar-refractivity contribution in [1.82, 2.24) is 5.32 Å². The molecule has 1 aromatic carbocycles. The van der Waals surface area contributed by atoms with Crippen LogP contribution in [0.25, 0.3) is 0 Å². The molecule has 0 saturated heterocycles. The highest BCUT2D eigenvalue weighted by molar-refractivity contribution is 5.42. The lowest BCUT2D eigenvalue weighted by molar-refractivity contribution is 0.311. The van der Waals surface area contributed by atoms with Crippen molar-refractivity contribution in [1.29, 1.82) is 0 Å². The van der Waals surface area contributed by atoms with Crippen LogP contribution >= 0.6 is 0 Å². The fraction of sp³-hybridized carbons (Fsp3) is 0.538. The van der Waals surface area contributed by atoms with E-state index in [-0.39, 0.29) is 0 Å². The monoisotopic (exact) mass is 207 g/mol. The number of likely N-dealkylation sites (N-methyl/N-ethyl adjacent to an activating group) is 1. The SMILES string of the molecule is CCNCCOc1c(C)cc(C)cc1C. The Bertz CT molecular complexity index is 297. The number of ether oxygens (including phenoxy) is 1. The number of benzene rings is 1. The third-order valence-electron chi connectivity index (χ3n) is 2.38. The van der Waals surface area contributed by atoms with Gasteiger partial charge in [-0.05, 0) is 38.4 Å². The Balaban J connectivity index is 2.60. The minimum absolute atomic E-state index is 0.735. The Labute approximate surface area is 92.6 Å². The van der Waals surface area contributed by atoms with E-state index in [1.165, 1.54) is 16.7 Å². The van der Waals surface area contributed by atoms with Crippen molar-refractivity contribution in [3.05, 3.63) is 28.8 Å². The first-order valence-corrected chi connectivity index (χ1v) is 5.56. The average Bonchev–Trinajstić information content (AvgIpc) is 2.15. The van der Waals surface area contributed by atoms with E-state index in [1.54, 1.807) is 0 Å². The van der Waals surface area contributed by atoms with Crippen LogP contribution in [0.3, 0.4) is 0 Å². The second kappa shape index (κ2) is 5.76. The fourth-order valence-corrected chi connectivity index (χ4v) is 1.80. The maximum absolute atomic E-state index is 5.76. The highest BCUT2D eigenvalue weighted by Crippen LogP contribution is 2.24. The molecule has 0 amide bonds. The summed E-state index contributed by atoms with van der Waals surface area (Å²) in [5.74, 6) is 1.04. The van der Waals surface area contributed by atoms with Gasteiger partial charge in [-0.2, -0.15) is 0 Å². The van der Waals surface area contributed by atoms with Gasteiger partial charge in [-0.15, -0.1) is 0 Å². The van der Waals surface area contributed by atoms with Crippen molar-refractivity contribution in [3.8, 4) is 5.75 Å². The van der Waals surface area contributed by atoms with E-state index < -0.39 is 0 Å². The van der Waals surface area contributed by atoms with Crippen LogP contribution in [0, 0.1) is 20.8 Å². The van der Waals surface area contributed by atoms with Gasteiger partial charge in [0.15, 0.2) is 0 Å². The van der Waals surface area contributed by atoms with Crippen LogP contribution in [-0.4, -0.2) is 19.7 Å². The molecule has 0 spiro atoms. The Morgan fingerprint density at radius 3 is 2.27 bits per heavy atom. The lowest BCUT2D eigenvalue weighted by Crippen LogP contribution is -2.20. The van der Waals surface area contributed by atoms with Crippen LogP contribution in [0.5, 0.6) is 5.75 Å². The van der Waals surface area contributed by atoms with Crippen molar-refractivity contribution in [2.24, 2.45) is 0 Å². The molecule has 0 bridgehead atoms. The highest BCUT2D eigenvalue weighted by atomic mass is 16.5. The molecule has 0 aliphatic rings. The molecular formula is C13H21NO. The molecule has 0 atom stereocenters. The lowest BCUT2D eigenvalue weighted by atomic mass is 10.1. The van der Waals surface area contributed by atoms with Gasteiger partial charge in [0, 0.05) is 6.54 Å². The van der Waals surface area contributed by atoms with E-state index in [0.29, 0.717) is 0 Å². The topological polar surface area (TPSA) is 21.3 Å². The standard InChI is InChI=1S/C13H21NO/c1-5-14-6-7-15-13-11(3)8-10(2)9-12(13)4/h8-9,14H,5-7H2,1-4H3. The number of rotatable bonds is 5. The summed E-state index contributed by atoms with van der Waals surface area (Å²) in [7, 11) is 0. The number of hydrogen-bond donors (Lipinski definition) is 1. The molecule has 0 saturated carbocycles. The van der Waals surface area contributed by atoms with Crippen LogP contribution in [0.4, 0.5) is 0 Å². The zero-order valence-electron chi connectivity index (χ0n) is 10.2. The lowest BCUT2D eigenvalue weighted by Gasteiger charge is -2.13. The Hall–Kier alpha value is -1.02. The Kier molecular flexibility index (Phi) is 4.63. The zero-order chi connectivity index (χ0) is 11.3. The Morgan fingerprint density at radius 1 is 1.13 bits per heavy atom. The largest absolute Gasteiger partial charge is 0.492 e. The highest BCUT2D eigenvalue weighted by Gasteiger charge is 2.04. The van der Waals surface area contributed by atoms with Crippen LogP contribution < -0.4 is 10.1 Å². The van der Waals surface area contributed by atoms with E-state index in [1.807, 2.05) is 0 Å². The molecule has 15 heavy (non-hydrogen) atoms. The summed E-state index contributed by atoms with van der Waals surface area (Å²) < 4.78 is 5.76. The second-order valence-electron chi connectivity index (χ2n) is 3.93. The Morgan fingerprint density at radius 2 is 1.73 bits per heavy atom. The average molecular weight is 207 g/mol. The maximum Gasteiger partial charge on any atom is 0.125 e. The van der Waals surface area contributed by atoms with Gasteiger partial charge < -0.3 is 10.1 Å². The molecule has 0 aliphatic carbocycles. The van der Waals surface area contributed by atoms with Gasteiger partial charge in [0.2, 0.25) is 0 Å². The van der Waals surface area contributed by atoms with Gasteiger partial charge in [0.25, 0.3) is 0 Å². The van der Waals surface area contributed by atoms with Crippen molar-refractivity contribution in [2.45, 2.75) is 27.7 Å². The molecule has 1 N–H and O–H groups in total. The second-order valence-corrected chi connectivity index (χ2v) is 3.93. The summed E-state index contributed by atoms with van der Waals surface area (Å²) in [4.78, 5) is 0. The van der Waals surface area contributed by atoms with Crippen LogP contribution in [0.2, 0.25) is 0 Å². The zero-order valence-corrected chi connectivity index (χ0v) is 10.2. The molecular weight excluding hydrogens is 186 g/mol. The molecule has 2 heteroatoms. The van der Waals surface area contributed by atoms with Crippen LogP contribution in [-0.2, 0) is 0 Å². The molecule has 0 radical (unpaired) electrons. The summed E-state index contributed by atoms with van der Waals surface area (Å²) in [5.41, 5.74) is 3.75. The van der Waals surface area contributed by atoms with Gasteiger partial charge >= 0.3 is 0 Å². The molecule has 0 aliphatic heterocycles. The normalized spacial score (nSPS) is 10.4. The third-order valence-corrected chi connectivity index (χ3v) is 2.38. The molecule has 0 fully saturated rings. The first kappa shape index (κ1) is 12.1. The van der Waals surface area contributed by atoms with E-state index in [4.69, 9.17) is 4.74 Å². The van der Waals surface area contributed by atoms with Crippen LogP contribution in [0.1, 0.15) is 23.6 Å². The van der Waals surface area contributed by atoms with Crippen molar-refractivity contribution >= 4 is 0 Å². The van der Waals surface area contributed by atoms with Crippen molar-refractivity contribution in [3.63, 3.8) is 0 Å². The van der Waals surface area contributed by atoms with E-state index in [2.05, 4.69) is 45.1 Å². The molecule has 0 aromatic heterocycles. The quantitative estimate of drug-likeness (QED) is 0.749. The maximum atomic E-state index is 5.76. The predicted octanol–water partition coefficient (Wildman–Crippen LogP) is 2.60. The first-order chi connectivity index (χ1) is 7.15. The van der Waals surface area contributed by atoms with Gasteiger partial charge in [-0.1, -0.05) is 24.6 Å². The fourth-order valence-electron chi connectivity index (χ4n) is 1.80. The third kappa shape index (κ3) is 3.56. The van der Waals surface area contributed by atoms with E-state index in [0.717, 1.165) is 25.4 Å². The summed E-state index contributed by atoms with van der Waals surface area (Å²) in [6, 6.07) is 4.32. The smallest absolute Gasteiger partial charge is 0.125 e. The first-order valence-electron chi connectivity index (χ1n) is 5.56. The van der Waals surface area contributed by atoms with Gasteiger partial charge in [0.1, 0.15) is 12.4 Å². The predicted molar refractivity (Wildman–Crippen MR) is 64.7 cm³/mol. The number of nitrogens with one attached hydrogen (secondary N) is 1. The molecule has 2 nitrogen and oxygen atoms in total. The van der Waals surface area contributed by atoms with E-state index >= 15 is 0 Å². The number of aryl methyl sites for hydroxylation is 3. The van der Waals surface area contributed by atoms with Gasteiger partial charge in [0.05, 0.1) is 0 Å². The van der Waals surface area contributed by atoms with Crippen LogP contribution in [0.15, 0.2) is 12.1 Å². The summed E-state index contributed by atoms with van der Waals surface area (Å²) in [6.07, 6.45) is 0. The molecule has 1 rings (SSSR count). The molecule has 84 valence electrons. The minimum atomic E-state index is 0.735. The molecule has 0 unspecified atom stereocenters. The van der Waals surface area contributed by atoms with E-state index in [9.17, 15) is 0 Å². The molecule has 1 aromatic rings. The number of hydrogen-bond acceptors (Lipinski definition) is 2. The van der Waals surface area contributed by atoms with Gasteiger partial charge in [-0.25, -0.2) is 0 Å². The van der Waals surface area contributed by atoms with Gasteiger partial charge in [-0.3, -0.25) is 0 Å². The summed E-state index contributed by atoms with van der Waals surface area (Å²) in [6.45, 7) is 11.0. The molecule has 0 heterocycles. The van der Waals surface area contributed by atoms with Crippen molar-refractivity contribution in [2.75, 3.05) is 19.7 Å². The summed E-state index contributed by atoms with van der Waals surface area (Å²) in [5, 5.41) is 3.24. The van der Waals surface area contributed by atoms with Crippen molar-refractivity contribution < 1.29 is 4.74 Å². The summed E-state index contributed by atoms with van der Waals surface area (Å²) >= 11 is 0. The minimum Gasteiger partial charge on any atom is -0.492 e.